The summed E-state index contributed by atoms with van der Waals surface area (Å²) < 4.78 is 32.8. The standard InChI is InChI=1S/C24H28N4O4S/c1-28(18-8-4-3-5-9-18)33(30,31)19-14-12-17(13-15-19)24(29)25-23-16-21(26-27-23)20-10-6-7-11-22(20)32-2/h6-7,10-16,18H,3-5,8-9H2,1-2H3,(H2,25,26,27,29). The Bertz CT molecular complexity index is 1220. The van der Waals surface area contributed by atoms with Crippen molar-refractivity contribution in [3.05, 3.63) is 60.2 Å². The van der Waals surface area contributed by atoms with Crippen molar-refractivity contribution in [2.24, 2.45) is 0 Å². The van der Waals surface area contributed by atoms with Crippen molar-refractivity contribution in [3.8, 4) is 17.0 Å². The van der Waals surface area contributed by atoms with Crippen LogP contribution < -0.4 is 10.1 Å². The number of rotatable bonds is 7. The predicted molar refractivity (Wildman–Crippen MR) is 127 cm³/mol. The summed E-state index contributed by atoms with van der Waals surface area (Å²) in [6, 6.07) is 15.2. The van der Waals surface area contributed by atoms with Crippen molar-refractivity contribution in [1.29, 1.82) is 0 Å². The van der Waals surface area contributed by atoms with Gasteiger partial charge in [0.1, 0.15) is 5.75 Å². The van der Waals surface area contributed by atoms with E-state index in [4.69, 9.17) is 4.74 Å². The third-order valence-corrected chi connectivity index (χ3v) is 8.02. The van der Waals surface area contributed by atoms with Gasteiger partial charge in [-0.15, -0.1) is 0 Å². The molecule has 0 aliphatic heterocycles. The fraction of sp³-hybridized carbons (Fsp3) is 0.333. The van der Waals surface area contributed by atoms with Crippen LogP contribution >= 0.6 is 0 Å². The molecule has 9 heteroatoms. The largest absolute Gasteiger partial charge is 0.496 e. The zero-order valence-corrected chi connectivity index (χ0v) is 19.6. The van der Waals surface area contributed by atoms with Crippen LogP contribution in [-0.2, 0) is 10.0 Å². The van der Waals surface area contributed by atoms with E-state index in [0.717, 1.165) is 37.7 Å². The number of amides is 1. The first kappa shape index (κ1) is 23.0. The van der Waals surface area contributed by atoms with Gasteiger partial charge in [-0.1, -0.05) is 31.4 Å². The summed E-state index contributed by atoms with van der Waals surface area (Å²) in [5.74, 6) is 0.668. The lowest BCUT2D eigenvalue weighted by atomic mass is 9.96. The van der Waals surface area contributed by atoms with Crippen LogP contribution in [0.2, 0.25) is 0 Å². The smallest absolute Gasteiger partial charge is 0.256 e. The fourth-order valence-corrected chi connectivity index (χ4v) is 5.58. The van der Waals surface area contributed by atoms with E-state index < -0.39 is 10.0 Å². The van der Waals surface area contributed by atoms with Gasteiger partial charge in [0.05, 0.1) is 17.7 Å². The number of benzene rings is 2. The lowest BCUT2D eigenvalue weighted by Gasteiger charge is -2.30. The molecule has 1 aromatic heterocycles. The Kier molecular flexibility index (Phi) is 6.80. The summed E-state index contributed by atoms with van der Waals surface area (Å²) in [5.41, 5.74) is 1.87. The average Bonchev–Trinajstić information content (AvgIpc) is 3.32. The molecule has 3 aromatic rings. The van der Waals surface area contributed by atoms with E-state index >= 15 is 0 Å². The maximum atomic E-state index is 13.0. The van der Waals surface area contributed by atoms with Crippen molar-refractivity contribution >= 4 is 21.7 Å². The molecule has 1 heterocycles. The second-order valence-corrected chi connectivity index (χ2v) is 10.2. The molecule has 1 aliphatic rings. The summed E-state index contributed by atoms with van der Waals surface area (Å²) in [6.45, 7) is 0. The molecule has 4 rings (SSSR count). The second-order valence-electron chi connectivity index (χ2n) is 8.16. The van der Waals surface area contributed by atoms with Crippen LogP contribution in [0.4, 0.5) is 5.82 Å². The molecule has 8 nitrogen and oxygen atoms in total. The van der Waals surface area contributed by atoms with Crippen LogP contribution in [0.1, 0.15) is 42.5 Å². The number of hydrogen-bond acceptors (Lipinski definition) is 5. The zero-order valence-electron chi connectivity index (χ0n) is 18.7. The molecule has 1 saturated carbocycles. The predicted octanol–water partition coefficient (Wildman–Crippen LogP) is 4.29. The molecule has 0 radical (unpaired) electrons. The van der Waals surface area contributed by atoms with Crippen LogP contribution in [0.5, 0.6) is 5.75 Å². The molecule has 0 unspecified atom stereocenters. The SMILES string of the molecule is COc1ccccc1-c1cc(NC(=O)c2ccc(S(=O)(=O)N(C)C3CCCCC3)cc2)n[nH]1. The minimum atomic E-state index is -3.60. The summed E-state index contributed by atoms with van der Waals surface area (Å²) in [5, 5.41) is 9.78. The van der Waals surface area contributed by atoms with Gasteiger partial charge in [-0.3, -0.25) is 9.89 Å². The van der Waals surface area contributed by atoms with Crippen molar-refractivity contribution in [1.82, 2.24) is 14.5 Å². The molecule has 1 amide bonds. The van der Waals surface area contributed by atoms with Gasteiger partial charge in [0.15, 0.2) is 5.82 Å². The van der Waals surface area contributed by atoms with Crippen molar-refractivity contribution in [2.45, 2.75) is 43.0 Å². The van der Waals surface area contributed by atoms with E-state index in [2.05, 4.69) is 15.5 Å². The van der Waals surface area contributed by atoms with E-state index in [0.29, 0.717) is 22.8 Å². The van der Waals surface area contributed by atoms with Crippen LogP contribution in [0.3, 0.4) is 0 Å². The zero-order chi connectivity index (χ0) is 23.4. The highest BCUT2D eigenvalue weighted by Gasteiger charge is 2.29. The number of methoxy groups -OCH3 is 1. The summed E-state index contributed by atoms with van der Waals surface area (Å²) in [4.78, 5) is 12.9. The van der Waals surface area contributed by atoms with Gasteiger partial charge in [-0.2, -0.15) is 9.40 Å². The quantitative estimate of drug-likeness (QED) is 0.538. The molecule has 0 saturated heterocycles. The van der Waals surface area contributed by atoms with E-state index in [1.54, 1.807) is 20.2 Å². The molecule has 1 aliphatic carbocycles. The van der Waals surface area contributed by atoms with E-state index in [9.17, 15) is 13.2 Å². The summed E-state index contributed by atoms with van der Waals surface area (Å²) in [6.07, 6.45) is 5.03. The van der Waals surface area contributed by atoms with E-state index in [-0.39, 0.29) is 16.8 Å². The number of carbonyl (C=O) groups is 1. The van der Waals surface area contributed by atoms with Crippen molar-refractivity contribution in [2.75, 3.05) is 19.5 Å². The number of hydrogen-bond donors (Lipinski definition) is 2. The topological polar surface area (TPSA) is 104 Å². The Balaban J connectivity index is 1.45. The van der Waals surface area contributed by atoms with Gasteiger partial charge in [-0.05, 0) is 49.2 Å². The van der Waals surface area contributed by atoms with Gasteiger partial charge in [0, 0.05) is 30.3 Å². The Hall–Kier alpha value is -3.17. The van der Waals surface area contributed by atoms with E-state index in [1.807, 2.05) is 24.3 Å². The minimum Gasteiger partial charge on any atom is -0.496 e. The highest BCUT2D eigenvalue weighted by atomic mass is 32.2. The molecular weight excluding hydrogens is 440 g/mol. The fourth-order valence-electron chi connectivity index (χ4n) is 4.16. The normalized spacial score (nSPS) is 14.9. The maximum Gasteiger partial charge on any atom is 0.256 e. The Morgan fingerprint density at radius 3 is 2.48 bits per heavy atom. The number of anilines is 1. The van der Waals surface area contributed by atoms with Crippen LogP contribution in [-0.4, -0.2) is 49.0 Å². The number of para-hydroxylation sites is 1. The van der Waals surface area contributed by atoms with Crippen LogP contribution in [0.15, 0.2) is 59.5 Å². The monoisotopic (exact) mass is 468 g/mol. The first-order valence-electron chi connectivity index (χ1n) is 11.0. The van der Waals surface area contributed by atoms with Crippen LogP contribution in [0, 0.1) is 0 Å². The highest BCUT2D eigenvalue weighted by Crippen LogP contribution is 2.30. The number of nitrogens with zero attached hydrogens (tertiary/aromatic N) is 2. The van der Waals surface area contributed by atoms with Gasteiger partial charge >= 0.3 is 0 Å². The first-order valence-corrected chi connectivity index (χ1v) is 12.4. The molecule has 1 fully saturated rings. The molecule has 2 N–H and O–H groups in total. The first-order chi connectivity index (χ1) is 15.9. The van der Waals surface area contributed by atoms with Gasteiger partial charge < -0.3 is 10.1 Å². The van der Waals surface area contributed by atoms with Gasteiger partial charge in [0.25, 0.3) is 5.91 Å². The van der Waals surface area contributed by atoms with Crippen molar-refractivity contribution in [3.63, 3.8) is 0 Å². The third-order valence-electron chi connectivity index (χ3n) is 6.10. The number of aromatic nitrogens is 2. The molecular formula is C24H28N4O4S. The molecule has 0 spiro atoms. The lowest BCUT2D eigenvalue weighted by Crippen LogP contribution is -2.38. The minimum absolute atomic E-state index is 0.0313. The Morgan fingerprint density at radius 2 is 1.79 bits per heavy atom. The molecule has 174 valence electrons. The second kappa shape index (κ2) is 9.76. The lowest BCUT2D eigenvalue weighted by molar-refractivity contribution is 0.102. The number of nitrogens with one attached hydrogen (secondary N) is 2. The summed E-state index contributed by atoms with van der Waals surface area (Å²) >= 11 is 0. The molecule has 33 heavy (non-hydrogen) atoms. The van der Waals surface area contributed by atoms with Gasteiger partial charge in [-0.25, -0.2) is 8.42 Å². The molecule has 0 atom stereocenters. The number of H-pyrrole nitrogens is 1. The van der Waals surface area contributed by atoms with Crippen molar-refractivity contribution < 1.29 is 17.9 Å². The average molecular weight is 469 g/mol. The van der Waals surface area contributed by atoms with Gasteiger partial charge in [0.2, 0.25) is 10.0 Å². The summed E-state index contributed by atoms with van der Waals surface area (Å²) in [7, 11) is -0.368. The van der Waals surface area contributed by atoms with E-state index in [1.165, 1.54) is 28.6 Å². The Morgan fingerprint density at radius 1 is 1.09 bits per heavy atom. The maximum absolute atomic E-state index is 13.0. The molecule has 2 aromatic carbocycles. The number of aromatic amines is 1. The Labute approximate surface area is 194 Å². The number of sulfonamides is 1. The number of carbonyl (C=O) groups excluding carboxylic acids is 1. The number of ether oxygens (including phenoxy) is 1. The highest BCUT2D eigenvalue weighted by molar-refractivity contribution is 7.89. The molecule has 0 bridgehead atoms. The van der Waals surface area contributed by atoms with Crippen LogP contribution in [0.25, 0.3) is 11.3 Å². The third kappa shape index (κ3) is 4.94.